The molecule has 5 heteroatoms. The lowest BCUT2D eigenvalue weighted by Gasteiger charge is -2.27. The lowest BCUT2D eigenvalue weighted by Crippen LogP contribution is -2.42. The molecule has 0 spiro atoms. The van der Waals surface area contributed by atoms with Crippen LogP contribution < -0.4 is 10.6 Å². The van der Waals surface area contributed by atoms with Crippen molar-refractivity contribution >= 4 is 23.4 Å². The number of rotatable bonds is 4. The molecule has 0 radical (unpaired) electrons. The maximum atomic E-state index is 12.2. The number of hydrogen-bond donors (Lipinski definition) is 2. The molecule has 0 aliphatic heterocycles. The number of carbonyl (C=O) groups is 2. The highest BCUT2D eigenvalue weighted by Crippen LogP contribution is 2.22. The summed E-state index contributed by atoms with van der Waals surface area (Å²) in [5.41, 5.74) is 1.22. The summed E-state index contributed by atoms with van der Waals surface area (Å²) in [5, 5.41) is 6.45. The fraction of sp³-hybridized carbons (Fsp3) is 0.200. The van der Waals surface area contributed by atoms with E-state index in [4.69, 9.17) is 11.6 Å². The fourth-order valence-corrected chi connectivity index (χ4v) is 3.12. The van der Waals surface area contributed by atoms with Gasteiger partial charge >= 0.3 is 0 Å². The molecular formula is C20H19ClN2O2. The molecule has 2 amide bonds. The molecule has 1 aliphatic carbocycles. The van der Waals surface area contributed by atoms with Gasteiger partial charge in [-0.1, -0.05) is 48.0 Å². The third kappa shape index (κ3) is 4.48. The summed E-state index contributed by atoms with van der Waals surface area (Å²) >= 11 is 6.33. The van der Waals surface area contributed by atoms with Crippen LogP contribution in [-0.2, 0) is 0 Å². The lowest BCUT2D eigenvalue weighted by molar-refractivity contribution is 0.0921. The van der Waals surface area contributed by atoms with Crippen molar-refractivity contribution in [3.05, 3.63) is 82.9 Å². The van der Waals surface area contributed by atoms with Gasteiger partial charge < -0.3 is 10.6 Å². The minimum absolute atomic E-state index is 0.127. The van der Waals surface area contributed by atoms with E-state index in [0.717, 1.165) is 0 Å². The highest BCUT2D eigenvalue weighted by atomic mass is 35.5. The first kappa shape index (κ1) is 17.2. The van der Waals surface area contributed by atoms with Crippen molar-refractivity contribution in [2.24, 2.45) is 0 Å². The standard InChI is InChI=1S/C20H19ClN2O2/c21-17-13-16(22-19(24)14-7-3-1-4-8-14)11-12-18(17)23-20(25)15-9-5-2-6-10-15/h1-10,13,16,18H,11-12H2,(H,22,24)(H,23,25)/t16-,18+/m1/s1. The van der Waals surface area contributed by atoms with Crippen molar-refractivity contribution in [2.45, 2.75) is 24.9 Å². The predicted octanol–water partition coefficient (Wildman–Crippen LogP) is 3.50. The van der Waals surface area contributed by atoms with Gasteiger partial charge in [0.1, 0.15) is 0 Å². The number of halogens is 1. The maximum Gasteiger partial charge on any atom is 0.251 e. The third-order valence-corrected chi connectivity index (χ3v) is 4.54. The van der Waals surface area contributed by atoms with Crippen LogP contribution in [0.15, 0.2) is 71.8 Å². The third-order valence-electron chi connectivity index (χ3n) is 4.15. The molecular weight excluding hydrogens is 336 g/mol. The van der Waals surface area contributed by atoms with E-state index in [9.17, 15) is 9.59 Å². The minimum Gasteiger partial charge on any atom is -0.346 e. The van der Waals surface area contributed by atoms with E-state index in [1.54, 1.807) is 24.3 Å². The van der Waals surface area contributed by atoms with Crippen molar-refractivity contribution in [1.82, 2.24) is 10.6 Å². The van der Waals surface area contributed by atoms with Crippen LogP contribution in [0.5, 0.6) is 0 Å². The Morgan fingerprint density at radius 1 is 0.800 bits per heavy atom. The molecule has 4 nitrogen and oxygen atoms in total. The molecule has 0 bridgehead atoms. The van der Waals surface area contributed by atoms with E-state index in [1.165, 1.54) is 0 Å². The van der Waals surface area contributed by atoms with Gasteiger partial charge in [0.15, 0.2) is 0 Å². The van der Waals surface area contributed by atoms with Crippen LogP contribution >= 0.6 is 11.6 Å². The predicted molar refractivity (Wildman–Crippen MR) is 98.6 cm³/mol. The molecule has 2 atom stereocenters. The van der Waals surface area contributed by atoms with Crippen LogP contribution in [0.4, 0.5) is 0 Å². The topological polar surface area (TPSA) is 58.2 Å². The Kier molecular flexibility index (Phi) is 5.51. The Bertz CT molecular complexity index is 775. The van der Waals surface area contributed by atoms with E-state index in [0.29, 0.717) is 29.0 Å². The Hall–Kier alpha value is -2.59. The van der Waals surface area contributed by atoms with Crippen LogP contribution in [-0.4, -0.2) is 23.9 Å². The Morgan fingerprint density at radius 2 is 1.32 bits per heavy atom. The van der Waals surface area contributed by atoms with Gasteiger partial charge in [0.25, 0.3) is 11.8 Å². The number of carbonyl (C=O) groups excluding carboxylic acids is 2. The van der Waals surface area contributed by atoms with E-state index < -0.39 is 0 Å². The summed E-state index contributed by atoms with van der Waals surface area (Å²) < 4.78 is 0. The number of hydrogen-bond acceptors (Lipinski definition) is 2. The Balaban J connectivity index is 1.60. The summed E-state index contributed by atoms with van der Waals surface area (Å²) in [6, 6.07) is 17.7. The van der Waals surface area contributed by atoms with Crippen molar-refractivity contribution in [3.8, 4) is 0 Å². The van der Waals surface area contributed by atoms with E-state index in [-0.39, 0.29) is 23.9 Å². The molecule has 0 saturated heterocycles. The Labute approximate surface area is 151 Å². The smallest absolute Gasteiger partial charge is 0.251 e. The van der Waals surface area contributed by atoms with Gasteiger partial charge in [-0.15, -0.1) is 0 Å². The SMILES string of the molecule is O=C(N[C@H]1CC[C@@H](NC(=O)c2ccccc2)C=C1Cl)c1ccccc1. The first-order chi connectivity index (χ1) is 12.1. The molecule has 2 aromatic rings. The molecule has 0 heterocycles. The molecule has 0 fully saturated rings. The number of benzene rings is 2. The Morgan fingerprint density at radius 3 is 1.84 bits per heavy atom. The normalized spacial score (nSPS) is 19.6. The highest BCUT2D eigenvalue weighted by molar-refractivity contribution is 6.30. The second-order valence-electron chi connectivity index (χ2n) is 5.97. The summed E-state index contributed by atoms with van der Waals surface area (Å²) in [5.74, 6) is -0.276. The van der Waals surface area contributed by atoms with Crippen LogP contribution in [0.2, 0.25) is 0 Å². The first-order valence-electron chi connectivity index (χ1n) is 8.22. The van der Waals surface area contributed by atoms with E-state index in [2.05, 4.69) is 10.6 Å². The average Bonchev–Trinajstić information content (AvgIpc) is 2.65. The van der Waals surface area contributed by atoms with Crippen molar-refractivity contribution in [1.29, 1.82) is 0 Å². The van der Waals surface area contributed by atoms with Gasteiger partial charge in [-0.05, 0) is 43.2 Å². The second kappa shape index (κ2) is 7.99. The summed E-state index contributed by atoms with van der Waals surface area (Å²) in [6.07, 6.45) is 3.20. The van der Waals surface area contributed by atoms with E-state index >= 15 is 0 Å². The lowest BCUT2D eigenvalue weighted by atomic mass is 9.97. The molecule has 2 aromatic carbocycles. The molecule has 128 valence electrons. The van der Waals surface area contributed by atoms with Gasteiger partial charge in [0, 0.05) is 22.2 Å². The summed E-state index contributed by atoms with van der Waals surface area (Å²) in [7, 11) is 0. The second-order valence-corrected chi connectivity index (χ2v) is 6.40. The fourth-order valence-electron chi connectivity index (χ4n) is 2.80. The molecule has 3 rings (SSSR count). The van der Waals surface area contributed by atoms with Crippen molar-refractivity contribution in [3.63, 3.8) is 0 Å². The molecule has 0 saturated carbocycles. The van der Waals surface area contributed by atoms with Crippen molar-refractivity contribution in [2.75, 3.05) is 0 Å². The first-order valence-corrected chi connectivity index (χ1v) is 8.60. The van der Waals surface area contributed by atoms with Gasteiger partial charge in [-0.25, -0.2) is 0 Å². The van der Waals surface area contributed by atoms with Crippen LogP contribution in [0, 0.1) is 0 Å². The largest absolute Gasteiger partial charge is 0.346 e. The van der Waals surface area contributed by atoms with Crippen LogP contribution in [0.3, 0.4) is 0 Å². The van der Waals surface area contributed by atoms with Gasteiger partial charge in [0.2, 0.25) is 0 Å². The molecule has 0 aromatic heterocycles. The zero-order valence-corrected chi connectivity index (χ0v) is 14.4. The van der Waals surface area contributed by atoms with Crippen LogP contribution in [0.25, 0.3) is 0 Å². The minimum atomic E-state index is -0.223. The van der Waals surface area contributed by atoms with Gasteiger partial charge in [-0.2, -0.15) is 0 Å². The number of nitrogens with one attached hydrogen (secondary N) is 2. The monoisotopic (exact) mass is 354 g/mol. The van der Waals surface area contributed by atoms with E-state index in [1.807, 2.05) is 42.5 Å². The van der Waals surface area contributed by atoms with Gasteiger partial charge in [0.05, 0.1) is 6.04 Å². The summed E-state index contributed by atoms with van der Waals surface area (Å²) in [4.78, 5) is 24.4. The quantitative estimate of drug-likeness (QED) is 0.882. The van der Waals surface area contributed by atoms with Crippen LogP contribution in [0.1, 0.15) is 33.6 Å². The zero-order valence-electron chi connectivity index (χ0n) is 13.6. The highest BCUT2D eigenvalue weighted by Gasteiger charge is 2.24. The zero-order chi connectivity index (χ0) is 17.6. The number of amides is 2. The average molecular weight is 355 g/mol. The maximum absolute atomic E-state index is 12.2. The molecule has 1 aliphatic rings. The molecule has 0 unspecified atom stereocenters. The van der Waals surface area contributed by atoms with Crippen molar-refractivity contribution < 1.29 is 9.59 Å². The molecule has 2 N–H and O–H groups in total. The van der Waals surface area contributed by atoms with Gasteiger partial charge in [-0.3, -0.25) is 9.59 Å². The summed E-state index contributed by atoms with van der Waals surface area (Å²) in [6.45, 7) is 0. The molecule has 25 heavy (non-hydrogen) atoms.